The normalized spacial score (nSPS) is 14.8. The van der Waals surface area contributed by atoms with E-state index in [1.165, 1.54) is 7.11 Å². The van der Waals surface area contributed by atoms with Crippen molar-refractivity contribution in [1.82, 2.24) is 0 Å². The van der Waals surface area contributed by atoms with Crippen molar-refractivity contribution < 1.29 is 23.8 Å². The number of nitrogens with zero attached hydrogens (tertiary/aromatic N) is 1. The maximum absolute atomic E-state index is 13.5. The van der Waals surface area contributed by atoms with Gasteiger partial charge in [0, 0.05) is 11.4 Å². The number of aryl methyl sites for hydroxylation is 2. The number of rotatable bonds is 8. The number of carbonyl (C=O) groups is 2. The minimum absolute atomic E-state index is 0.255. The van der Waals surface area contributed by atoms with E-state index in [0.717, 1.165) is 28.8 Å². The number of hydrogen-bond donors (Lipinski definition) is 0. The second kappa shape index (κ2) is 10.4. The molecule has 0 aromatic heterocycles. The highest BCUT2D eigenvalue weighted by atomic mass is 16.5. The van der Waals surface area contributed by atoms with Crippen molar-refractivity contribution in [2.75, 3.05) is 25.2 Å². The summed E-state index contributed by atoms with van der Waals surface area (Å²) < 4.78 is 16.5. The van der Waals surface area contributed by atoms with Crippen molar-refractivity contribution in [3.05, 3.63) is 69.9 Å². The topological polar surface area (TPSA) is 65.1 Å². The van der Waals surface area contributed by atoms with E-state index < -0.39 is 5.97 Å². The second-order valence-corrected chi connectivity index (χ2v) is 7.98. The Bertz CT molecular complexity index is 1110. The molecule has 2 aromatic rings. The zero-order valence-corrected chi connectivity index (χ0v) is 20.2. The van der Waals surface area contributed by atoms with Crippen LogP contribution in [-0.2, 0) is 14.3 Å². The van der Waals surface area contributed by atoms with Gasteiger partial charge in [0.25, 0.3) is 5.91 Å². The minimum atomic E-state index is -0.549. The standard InChI is InChI=1S/C27H31NO5/c1-7-11-33-23-10-9-20(16-24(23)32-8-2)15-22-25(27(30)31-6)19(5)28(26(22)29)21-13-17(3)12-18(4)14-21/h9-10,12-16H,7-8,11H2,1-6H3/b22-15-. The van der Waals surface area contributed by atoms with Gasteiger partial charge in [-0.3, -0.25) is 9.69 Å². The van der Waals surface area contributed by atoms with Crippen LogP contribution in [0.3, 0.4) is 0 Å². The first kappa shape index (κ1) is 24.1. The molecule has 0 fully saturated rings. The van der Waals surface area contributed by atoms with E-state index >= 15 is 0 Å². The van der Waals surface area contributed by atoms with Crippen molar-refractivity contribution in [2.45, 2.75) is 41.0 Å². The van der Waals surface area contributed by atoms with Crippen molar-refractivity contribution >= 4 is 23.6 Å². The summed E-state index contributed by atoms with van der Waals surface area (Å²) in [5.74, 6) is 0.418. The lowest BCUT2D eigenvalue weighted by Crippen LogP contribution is -2.24. The fourth-order valence-electron chi connectivity index (χ4n) is 3.95. The second-order valence-electron chi connectivity index (χ2n) is 7.98. The molecule has 174 valence electrons. The predicted octanol–water partition coefficient (Wildman–Crippen LogP) is 5.37. The first-order chi connectivity index (χ1) is 15.8. The molecule has 0 aliphatic carbocycles. The van der Waals surface area contributed by atoms with Gasteiger partial charge < -0.3 is 14.2 Å². The number of carbonyl (C=O) groups excluding carboxylic acids is 2. The lowest BCUT2D eigenvalue weighted by Gasteiger charge is -2.19. The van der Waals surface area contributed by atoms with Gasteiger partial charge in [-0.25, -0.2) is 4.79 Å². The Labute approximate surface area is 195 Å². The highest BCUT2D eigenvalue weighted by molar-refractivity contribution is 6.23. The molecule has 1 aliphatic rings. The third-order valence-corrected chi connectivity index (χ3v) is 5.29. The van der Waals surface area contributed by atoms with E-state index in [9.17, 15) is 9.59 Å². The van der Waals surface area contributed by atoms with E-state index in [1.807, 2.05) is 64.1 Å². The summed E-state index contributed by atoms with van der Waals surface area (Å²) in [7, 11) is 1.32. The number of anilines is 1. The zero-order chi connectivity index (χ0) is 24.1. The molecule has 6 heteroatoms. The predicted molar refractivity (Wildman–Crippen MR) is 129 cm³/mol. The Kier molecular flexibility index (Phi) is 7.59. The molecule has 1 heterocycles. The van der Waals surface area contributed by atoms with Gasteiger partial charge in [0.1, 0.15) is 0 Å². The largest absolute Gasteiger partial charge is 0.490 e. The maximum Gasteiger partial charge on any atom is 0.340 e. The lowest BCUT2D eigenvalue weighted by atomic mass is 10.0. The van der Waals surface area contributed by atoms with Gasteiger partial charge in [0.05, 0.1) is 31.5 Å². The molecule has 0 saturated heterocycles. The van der Waals surface area contributed by atoms with Gasteiger partial charge in [0.2, 0.25) is 0 Å². The van der Waals surface area contributed by atoms with Gasteiger partial charge in [-0.05, 0) is 81.1 Å². The summed E-state index contributed by atoms with van der Waals surface area (Å²) in [5.41, 5.74) is 4.59. The Morgan fingerprint density at radius 1 is 0.970 bits per heavy atom. The Hall–Kier alpha value is -3.54. The number of ether oxygens (including phenoxy) is 3. The van der Waals surface area contributed by atoms with Crippen LogP contribution < -0.4 is 14.4 Å². The average Bonchev–Trinajstić information content (AvgIpc) is 3.01. The first-order valence-corrected chi connectivity index (χ1v) is 11.1. The summed E-state index contributed by atoms with van der Waals surface area (Å²) in [6.07, 6.45) is 2.58. The van der Waals surface area contributed by atoms with E-state index in [-0.39, 0.29) is 17.1 Å². The molecule has 0 saturated carbocycles. The molecule has 0 N–H and O–H groups in total. The van der Waals surface area contributed by atoms with Crippen molar-refractivity contribution in [1.29, 1.82) is 0 Å². The summed E-state index contributed by atoms with van der Waals surface area (Å²) in [6.45, 7) is 10.7. The quantitative estimate of drug-likeness (QED) is 0.401. The van der Waals surface area contributed by atoms with E-state index in [1.54, 1.807) is 17.9 Å². The summed E-state index contributed by atoms with van der Waals surface area (Å²) in [6, 6.07) is 11.4. The molecule has 2 aromatic carbocycles. The molecular formula is C27H31NO5. The fraction of sp³-hybridized carbons (Fsp3) is 0.333. The lowest BCUT2D eigenvalue weighted by molar-refractivity contribution is -0.136. The summed E-state index contributed by atoms with van der Waals surface area (Å²) >= 11 is 0. The molecule has 3 rings (SSSR count). The number of allylic oxidation sites excluding steroid dienone is 1. The molecule has 0 spiro atoms. The number of methoxy groups -OCH3 is 1. The summed E-state index contributed by atoms with van der Waals surface area (Å²) in [4.78, 5) is 27.8. The van der Waals surface area contributed by atoms with Crippen molar-refractivity contribution in [3.63, 3.8) is 0 Å². The molecule has 1 aliphatic heterocycles. The molecule has 0 radical (unpaired) electrons. The third kappa shape index (κ3) is 5.11. The highest BCUT2D eigenvalue weighted by Gasteiger charge is 2.38. The van der Waals surface area contributed by atoms with Gasteiger partial charge in [-0.1, -0.05) is 19.1 Å². The van der Waals surface area contributed by atoms with E-state index in [2.05, 4.69) is 0 Å². The van der Waals surface area contributed by atoms with Crippen molar-refractivity contribution in [2.24, 2.45) is 0 Å². The number of benzene rings is 2. The van der Waals surface area contributed by atoms with Crippen LogP contribution in [0.4, 0.5) is 5.69 Å². The van der Waals surface area contributed by atoms with Gasteiger partial charge >= 0.3 is 5.97 Å². The highest BCUT2D eigenvalue weighted by Crippen LogP contribution is 2.37. The molecular weight excluding hydrogens is 418 g/mol. The first-order valence-electron chi connectivity index (χ1n) is 11.1. The van der Waals surface area contributed by atoms with Crippen LogP contribution in [0.25, 0.3) is 6.08 Å². The van der Waals surface area contributed by atoms with Gasteiger partial charge in [-0.15, -0.1) is 0 Å². The zero-order valence-electron chi connectivity index (χ0n) is 20.2. The fourth-order valence-corrected chi connectivity index (χ4v) is 3.95. The minimum Gasteiger partial charge on any atom is -0.490 e. The number of hydrogen-bond acceptors (Lipinski definition) is 5. The monoisotopic (exact) mass is 449 g/mol. The summed E-state index contributed by atoms with van der Waals surface area (Å²) in [5, 5.41) is 0. The molecule has 6 nitrogen and oxygen atoms in total. The van der Waals surface area contributed by atoms with Crippen LogP contribution in [0.15, 0.2) is 53.2 Å². The van der Waals surface area contributed by atoms with Crippen LogP contribution in [0.5, 0.6) is 11.5 Å². The average molecular weight is 450 g/mol. The maximum atomic E-state index is 13.5. The van der Waals surface area contributed by atoms with Crippen LogP contribution in [-0.4, -0.2) is 32.2 Å². The molecule has 33 heavy (non-hydrogen) atoms. The molecule has 1 amide bonds. The van der Waals surface area contributed by atoms with Crippen molar-refractivity contribution in [3.8, 4) is 11.5 Å². The number of amides is 1. The van der Waals surface area contributed by atoms with E-state index in [4.69, 9.17) is 14.2 Å². The van der Waals surface area contributed by atoms with Crippen LogP contribution in [0.2, 0.25) is 0 Å². The smallest absolute Gasteiger partial charge is 0.340 e. The third-order valence-electron chi connectivity index (χ3n) is 5.29. The van der Waals surface area contributed by atoms with Gasteiger partial charge in [-0.2, -0.15) is 0 Å². The molecule has 0 atom stereocenters. The Morgan fingerprint density at radius 2 is 1.67 bits per heavy atom. The molecule has 0 unspecified atom stereocenters. The SMILES string of the molecule is CCCOc1ccc(/C=C2\C(=O)N(c3cc(C)cc(C)c3)C(C)=C2C(=O)OC)cc1OCC. The van der Waals surface area contributed by atoms with Gasteiger partial charge in [0.15, 0.2) is 11.5 Å². The molecule has 0 bridgehead atoms. The van der Waals surface area contributed by atoms with Crippen LogP contribution in [0, 0.1) is 13.8 Å². The Balaban J connectivity index is 2.10. The van der Waals surface area contributed by atoms with Crippen LogP contribution >= 0.6 is 0 Å². The van der Waals surface area contributed by atoms with E-state index in [0.29, 0.717) is 30.4 Å². The number of esters is 1. The Morgan fingerprint density at radius 3 is 2.27 bits per heavy atom. The van der Waals surface area contributed by atoms with Crippen LogP contribution in [0.1, 0.15) is 43.9 Å².